The van der Waals surface area contributed by atoms with Crippen LogP contribution in [-0.4, -0.2) is 46.2 Å². The van der Waals surface area contributed by atoms with Crippen molar-refractivity contribution in [1.82, 2.24) is 20.1 Å². The Kier molecular flexibility index (Phi) is 4.34. The number of H-pyrrole nitrogens is 1. The van der Waals surface area contributed by atoms with Crippen LogP contribution in [0.4, 0.5) is 0 Å². The summed E-state index contributed by atoms with van der Waals surface area (Å²) in [4.78, 5) is 17.5. The molecule has 2 aromatic rings. The summed E-state index contributed by atoms with van der Waals surface area (Å²) in [6.45, 7) is 4.67. The van der Waals surface area contributed by atoms with E-state index in [-0.39, 0.29) is 11.7 Å². The molecular weight excluding hydrogens is 256 g/mol. The van der Waals surface area contributed by atoms with Crippen LogP contribution in [0.3, 0.4) is 0 Å². The lowest BCUT2D eigenvalue weighted by molar-refractivity contribution is 0.0762. The fraction of sp³-hybridized carbons (Fsp3) is 0.357. The Balaban J connectivity index is 1.81. The maximum absolute atomic E-state index is 12.0. The molecule has 2 rings (SSSR count). The number of aryl methyl sites for hydroxylation is 2. The number of carbonyl (C=O) groups is 1. The van der Waals surface area contributed by atoms with E-state index in [0.717, 1.165) is 5.75 Å². The number of benzene rings is 1. The van der Waals surface area contributed by atoms with Gasteiger partial charge in [0.15, 0.2) is 0 Å². The molecule has 0 unspecified atom stereocenters. The van der Waals surface area contributed by atoms with Crippen LogP contribution in [0.5, 0.6) is 5.75 Å². The van der Waals surface area contributed by atoms with E-state index in [1.165, 1.54) is 10.5 Å². The second-order valence-corrected chi connectivity index (χ2v) is 4.63. The van der Waals surface area contributed by atoms with Crippen molar-refractivity contribution in [2.45, 2.75) is 13.8 Å². The van der Waals surface area contributed by atoms with Crippen molar-refractivity contribution in [3.05, 3.63) is 41.5 Å². The van der Waals surface area contributed by atoms with Crippen molar-refractivity contribution in [3.63, 3.8) is 0 Å². The molecule has 6 nitrogen and oxygen atoms in total. The Morgan fingerprint density at radius 3 is 2.60 bits per heavy atom. The lowest BCUT2D eigenvalue weighted by Crippen LogP contribution is -2.31. The number of ether oxygens (including phenoxy) is 1. The summed E-state index contributed by atoms with van der Waals surface area (Å²) in [6.07, 6.45) is 0. The fourth-order valence-electron chi connectivity index (χ4n) is 1.65. The maximum atomic E-state index is 12.0. The van der Waals surface area contributed by atoms with Gasteiger partial charge in [-0.25, -0.2) is 4.98 Å². The Hall–Kier alpha value is -2.37. The molecule has 1 N–H and O–H groups in total. The van der Waals surface area contributed by atoms with Gasteiger partial charge in [-0.15, -0.1) is 5.10 Å². The van der Waals surface area contributed by atoms with Crippen LogP contribution in [0.1, 0.15) is 22.0 Å². The smallest absolute Gasteiger partial charge is 0.293 e. The van der Waals surface area contributed by atoms with Gasteiger partial charge in [-0.2, -0.15) is 0 Å². The SMILES string of the molecule is Cc1ccc(OCCN(C)C(=O)c2n[nH]c(C)n2)cc1. The van der Waals surface area contributed by atoms with E-state index in [4.69, 9.17) is 4.74 Å². The highest BCUT2D eigenvalue weighted by Gasteiger charge is 2.15. The van der Waals surface area contributed by atoms with Crippen molar-refractivity contribution < 1.29 is 9.53 Å². The quantitative estimate of drug-likeness (QED) is 0.898. The van der Waals surface area contributed by atoms with E-state index in [1.54, 1.807) is 14.0 Å². The van der Waals surface area contributed by atoms with E-state index in [2.05, 4.69) is 15.2 Å². The summed E-state index contributed by atoms with van der Waals surface area (Å²) >= 11 is 0. The van der Waals surface area contributed by atoms with Gasteiger partial charge in [0.05, 0.1) is 6.54 Å². The molecule has 6 heteroatoms. The number of aromatic amines is 1. The largest absolute Gasteiger partial charge is 0.492 e. The topological polar surface area (TPSA) is 71.1 Å². The average Bonchev–Trinajstić information content (AvgIpc) is 2.86. The number of carbonyl (C=O) groups excluding carboxylic acids is 1. The molecule has 0 atom stereocenters. The molecule has 0 aliphatic heterocycles. The van der Waals surface area contributed by atoms with E-state index >= 15 is 0 Å². The van der Waals surface area contributed by atoms with Gasteiger partial charge in [0.25, 0.3) is 5.91 Å². The van der Waals surface area contributed by atoms with Crippen molar-refractivity contribution in [3.8, 4) is 5.75 Å². The third-order valence-electron chi connectivity index (χ3n) is 2.85. The van der Waals surface area contributed by atoms with Crippen LogP contribution in [0.25, 0.3) is 0 Å². The lowest BCUT2D eigenvalue weighted by Gasteiger charge is -2.15. The first-order valence-corrected chi connectivity index (χ1v) is 6.40. The third kappa shape index (κ3) is 3.57. The third-order valence-corrected chi connectivity index (χ3v) is 2.85. The molecule has 106 valence electrons. The van der Waals surface area contributed by atoms with E-state index in [0.29, 0.717) is 19.0 Å². The first-order valence-electron chi connectivity index (χ1n) is 6.40. The van der Waals surface area contributed by atoms with Crippen LogP contribution in [-0.2, 0) is 0 Å². The van der Waals surface area contributed by atoms with Crippen molar-refractivity contribution in [2.75, 3.05) is 20.2 Å². The van der Waals surface area contributed by atoms with Gasteiger partial charge in [-0.1, -0.05) is 17.7 Å². The van der Waals surface area contributed by atoms with Crippen molar-refractivity contribution in [1.29, 1.82) is 0 Å². The molecular formula is C14H18N4O2. The maximum Gasteiger partial charge on any atom is 0.293 e. The molecule has 0 spiro atoms. The molecule has 0 saturated carbocycles. The summed E-state index contributed by atoms with van der Waals surface area (Å²) < 4.78 is 5.58. The molecule has 0 bridgehead atoms. The number of rotatable bonds is 5. The van der Waals surface area contributed by atoms with E-state index < -0.39 is 0 Å². The second kappa shape index (κ2) is 6.18. The molecule has 0 aliphatic rings. The van der Waals surface area contributed by atoms with Gasteiger partial charge >= 0.3 is 0 Å². The number of amides is 1. The molecule has 0 radical (unpaired) electrons. The number of nitrogens with one attached hydrogen (secondary N) is 1. The monoisotopic (exact) mass is 274 g/mol. The van der Waals surface area contributed by atoms with E-state index in [1.807, 2.05) is 31.2 Å². The minimum absolute atomic E-state index is 0.181. The van der Waals surface area contributed by atoms with Crippen LogP contribution in [0.15, 0.2) is 24.3 Å². The molecule has 1 aromatic heterocycles. The first-order chi connectivity index (χ1) is 9.56. The van der Waals surface area contributed by atoms with Crippen molar-refractivity contribution >= 4 is 5.91 Å². The Bertz CT molecular complexity index is 577. The molecule has 1 aromatic carbocycles. The van der Waals surface area contributed by atoms with Gasteiger partial charge in [0.2, 0.25) is 5.82 Å². The van der Waals surface area contributed by atoms with Crippen LogP contribution in [0, 0.1) is 13.8 Å². The summed E-state index contributed by atoms with van der Waals surface area (Å²) in [7, 11) is 1.70. The standard InChI is InChI=1S/C14H18N4O2/c1-10-4-6-12(7-5-10)20-9-8-18(3)14(19)13-15-11(2)16-17-13/h4-7H,8-9H2,1-3H3,(H,15,16,17). The summed E-state index contributed by atoms with van der Waals surface area (Å²) in [5, 5.41) is 6.50. The number of likely N-dealkylation sites (N-methyl/N-ethyl adjacent to an activating group) is 1. The highest BCUT2D eigenvalue weighted by molar-refractivity contribution is 5.90. The lowest BCUT2D eigenvalue weighted by atomic mass is 10.2. The summed E-state index contributed by atoms with van der Waals surface area (Å²) in [6, 6.07) is 7.80. The van der Waals surface area contributed by atoms with Crippen LogP contribution in [0.2, 0.25) is 0 Å². The van der Waals surface area contributed by atoms with Gasteiger partial charge in [0.1, 0.15) is 18.2 Å². The molecule has 0 aliphatic carbocycles. The Morgan fingerprint density at radius 1 is 1.30 bits per heavy atom. The predicted molar refractivity (Wildman–Crippen MR) is 74.8 cm³/mol. The molecule has 0 fully saturated rings. The highest BCUT2D eigenvalue weighted by atomic mass is 16.5. The zero-order valence-corrected chi connectivity index (χ0v) is 11.9. The minimum Gasteiger partial charge on any atom is -0.492 e. The van der Waals surface area contributed by atoms with Crippen molar-refractivity contribution in [2.24, 2.45) is 0 Å². The van der Waals surface area contributed by atoms with Crippen LogP contribution < -0.4 is 4.74 Å². The normalized spacial score (nSPS) is 10.3. The minimum atomic E-state index is -0.221. The highest BCUT2D eigenvalue weighted by Crippen LogP contribution is 2.11. The van der Waals surface area contributed by atoms with Gasteiger partial charge in [-0.3, -0.25) is 9.89 Å². The van der Waals surface area contributed by atoms with Gasteiger partial charge in [-0.05, 0) is 26.0 Å². The second-order valence-electron chi connectivity index (χ2n) is 4.63. The van der Waals surface area contributed by atoms with Crippen LogP contribution >= 0.6 is 0 Å². The summed E-state index contributed by atoms with van der Waals surface area (Å²) in [5.41, 5.74) is 1.18. The van der Waals surface area contributed by atoms with E-state index in [9.17, 15) is 4.79 Å². The predicted octanol–water partition coefficient (Wildman–Crippen LogP) is 1.57. The zero-order valence-electron chi connectivity index (χ0n) is 11.9. The zero-order chi connectivity index (χ0) is 14.5. The number of hydrogen-bond acceptors (Lipinski definition) is 4. The number of hydrogen-bond donors (Lipinski definition) is 1. The first kappa shape index (κ1) is 14.0. The fourth-order valence-corrected chi connectivity index (χ4v) is 1.65. The molecule has 0 saturated heterocycles. The van der Waals surface area contributed by atoms with Gasteiger partial charge in [0, 0.05) is 7.05 Å². The van der Waals surface area contributed by atoms with Gasteiger partial charge < -0.3 is 9.64 Å². The number of nitrogens with zero attached hydrogens (tertiary/aromatic N) is 3. The average molecular weight is 274 g/mol. The molecule has 1 heterocycles. The Morgan fingerprint density at radius 2 is 2.00 bits per heavy atom. The molecule has 1 amide bonds. The number of aromatic nitrogens is 3. The summed E-state index contributed by atoms with van der Waals surface area (Å²) in [5.74, 6) is 1.38. The Labute approximate surface area is 117 Å². The molecule has 20 heavy (non-hydrogen) atoms.